The number of urea groups is 1. The molecule has 6 heteroatoms. The summed E-state index contributed by atoms with van der Waals surface area (Å²) in [6.45, 7) is 0.365. The lowest BCUT2D eigenvalue weighted by molar-refractivity contribution is -0.122. The normalized spacial score (nSPS) is 17.0. The Morgan fingerprint density at radius 2 is 1.71 bits per heavy atom. The van der Waals surface area contributed by atoms with Gasteiger partial charge >= 0.3 is 6.03 Å². The van der Waals surface area contributed by atoms with Crippen LogP contribution in [0, 0.1) is 0 Å². The summed E-state index contributed by atoms with van der Waals surface area (Å²) in [5.74, 6) is -0.120. The number of benzene rings is 1. The summed E-state index contributed by atoms with van der Waals surface area (Å²) < 4.78 is 0. The predicted molar refractivity (Wildman–Crippen MR) is 81.5 cm³/mol. The molecule has 0 aromatic heterocycles. The van der Waals surface area contributed by atoms with E-state index in [1.54, 1.807) is 12.1 Å². The Labute approximate surface area is 124 Å². The largest absolute Gasteiger partial charge is 0.352 e. The highest BCUT2D eigenvalue weighted by Crippen LogP contribution is 2.27. The molecule has 1 aromatic rings. The fourth-order valence-corrected chi connectivity index (χ4v) is 2.56. The van der Waals surface area contributed by atoms with Crippen LogP contribution in [0.15, 0.2) is 24.3 Å². The molecule has 0 bridgehead atoms. The smallest absolute Gasteiger partial charge is 0.312 e. The van der Waals surface area contributed by atoms with Gasteiger partial charge in [0.25, 0.3) is 0 Å². The van der Waals surface area contributed by atoms with Crippen molar-refractivity contribution in [2.24, 2.45) is 11.5 Å². The van der Waals surface area contributed by atoms with Gasteiger partial charge < -0.3 is 22.1 Å². The summed E-state index contributed by atoms with van der Waals surface area (Å²) in [6.07, 6.45) is 4.62. The zero-order chi connectivity index (χ0) is 15.3. The van der Waals surface area contributed by atoms with Crippen LogP contribution >= 0.6 is 0 Å². The minimum atomic E-state index is -0.746. The lowest BCUT2D eigenvalue weighted by atomic mass is 9.82. The van der Waals surface area contributed by atoms with Gasteiger partial charge in [0.1, 0.15) is 0 Å². The van der Waals surface area contributed by atoms with Crippen molar-refractivity contribution in [3.05, 3.63) is 29.8 Å². The minimum absolute atomic E-state index is 0.120. The van der Waals surface area contributed by atoms with E-state index in [0.29, 0.717) is 12.2 Å². The molecule has 114 valence electrons. The van der Waals surface area contributed by atoms with Crippen LogP contribution in [0.25, 0.3) is 0 Å². The maximum absolute atomic E-state index is 12.3. The first-order valence-electron chi connectivity index (χ1n) is 7.22. The van der Waals surface area contributed by atoms with E-state index in [1.165, 1.54) is 0 Å². The topological polar surface area (TPSA) is 110 Å². The summed E-state index contributed by atoms with van der Waals surface area (Å²) >= 11 is 0. The molecule has 1 fully saturated rings. The number of nitrogens with one attached hydrogen (secondary N) is 2. The molecular weight excluding hydrogens is 268 g/mol. The number of hydrogen-bond acceptors (Lipinski definition) is 3. The quantitative estimate of drug-likeness (QED) is 0.673. The Bertz CT molecular complexity index is 507. The van der Waals surface area contributed by atoms with E-state index in [0.717, 1.165) is 37.7 Å². The van der Waals surface area contributed by atoms with E-state index in [4.69, 9.17) is 11.5 Å². The first kappa shape index (κ1) is 15.3. The fourth-order valence-electron chi connectivity index (χ4n) is 2.56. The third-order valence-electron chi connectivity index (χ3n) is 3.88. The molecule has 0 spiro atoms. The zero-order valence-corrected chi connectivity index (χ0v) is 12.0. The van der Waals surface area contributed by atoms with Crippen molar-refractivity contribution < 1.29 is 9.59 Å². The van der Waals surface area contributed by atoms with Crippen LogP contribution < -0.4 is 22.1 Å². The van der Waals surface area contributed by atoms with Crippen molar-refractivity contribution >= 4 is 17.6 Å². The van der Waals surface area contributed by atoms with Gasteiger partial charge in [0.15, 0.2) is 0 Å². The van der Waals surface area contributed by atoms with Crippen LogP contribution in [0.5, 0.6) is 0 Å². The standard InChI is InChI=1S/C15H22N4O2/c16-14(21)18-10-11-4-6-12(7-5-11)19-13(20)15(17)8-2-1-3-9-15/h4-7H,1-3,8-10,17H2,(H,19,20)(H3,16,18,21). The second-order valence-corrected chi connectivity index (χ2v) is 5.59. The van der Waals surface area contributed by atoms with E-state index in [-0.39, 0.29) is 5.91 Å². The average Bonchev–Trinajstić information content (AvgIpc) is 2.47. The Balaban J connectivity index is 1.93. The molecule has 0 aliphatic heterocycles. The maximum atomic E-state index is 12.3. The molecular formula is C15H22N4O2. The van der Waals surface area contributed by atoms with Crippen molar-refractivity contribution in [1.29, 1.82) is 0 Å². The summed E-state index contributed by atoms with van der Waals surface area (Å²) in [5, 5.41) is 5.38. The zero-order valence-electron chi connectivity index (χ0n) is 12.0. The molecule has 1 aliphatic rings. The molecule has 6 N–H and O–H groups in total. The van der Waals surface area contributed by atoms with Crippen LogP contribution in [0.3, 0.4) is 0 Å². The molecule has 6 nitrogen and oxygen atoms in total. The molecule has 0 radical (unpaired) electrons. The molecule has 21 heavy (non-hydrogen) atoms. The van der Waals surface area contributed by atoms with E-state index < -0.39 is 11.6 Å². The second-order valence-electron chi connectivity index (χ2n) is 5.59. The monoisotopic (exact) mass is 290 g/mol. The second kappa shape index (κ2) is 6.58. The summed E-state index contributed by atoms with van der Waals surface area (Å²) in [6, 6.07) is 6.69. The van der Waals surface area contributed by atoms with Crippen molar-refractivity contribution in [3.8, 4) is 0 Å². The SMILES string of the molecule is NC(=O)NCc1ccc(NC(=O)C2(N)CCCCC2)cc1. The van der Waals surface area contributed by atoms with Crippen molar-refractivity contribution in [2.75, 3.05) is 5.32 Å². The van der Waals surface area contributed by atoms with Crippen molar-refractivity contribution in [2.45, 2.75) is 44.2 Å². The van der Waals surface area contributed by atoms with Crippen molar-refractivity contribution in [3.63, 3.8) is 0 Å². The Kier molecular flexibility index (Phi) is 4.80. The van der Waals surface area contributed by atoms with E-state index in [1.807, 2.05) is 12.1 Å². The highest BCUT2D eigenvalue weighted by Gasteiger charge is 2.35. The highest BCUT2D eigenvalue weighted by atomic mass is 16.2. The Morgan fingerprint density at radius 1 is 1.10 bits per heavy atom. The molecule has 0 saturated heterocycles. The number of carbonyl (C=O) groups excluding carboxylic acids is 2. The third kappa shape index (κ3) is 4.19. The lowest BCUT2D eigenvalue weighted by Gasteiger charge is -2.31. The Morgan fingerprint density at radius 3 is 2.29 bits per heavy atom. The van der Waals surface area contributed by atoms with Crippen LogP contribution in [0.4, 0.5) is 10.5 Å². The van der Waals surface area contributed by atoms with Gasteiger partial charge in [-0.2, -0.15) is 0 Å². The fraction of sp³-hybridized carbons (Fsp3) is 0.467. The first-order chi connectivity index (χ1) is 9.99. The maximum Gasteiger partial charge on any atom is 0.312 e. The lowest BCUT2D eigenvalue weighted by Crippen LogP contribution is -2.52. The van der Waals surface area contributed by atoms with Crippen LogP contribution in [0.1, 0.15) is 37.7 Å². The number of hydrogen-bond donors (Lipinski definition) is 4. The van der Waals surface area contributed by atoms with Gasteiger partial charge in [0.05, 0.1) is 5.54 Å². The summed E-state index contributed by atoms with van der Waals surface area (Å²) in [4.78, 5) is 22.9. The number of rotatable bonds is 4. The predicted octanol–water partition coefficient (Wildman–Crippen LogP) is 1.45. The first-order valence-corrected chi connectivity index (χ1v) is 7.22. The van der Waals surface area contributed by atoms with Crippen molar-refractivity contribution in [1.82, 2.24) is 5.32 Å². The molecule has 0 unspecified atom stereocenters. The van der Waals surface area contributed by atoms with Gasteiger partial charge in [-0.25, -0.2) is 4.79 Å². The van der Waals surface area contributed by atoms with Gasteiger partial charge in [-0.1, -0.05) is 31.4 Å². The Hall–Kier alpha value is -2.08. The number of carbonyl (C=O) groups is 2. The van der Waals surface area contributed by atoms with E-state index >= 15 is 0 Å². The number of nitrogens with two attached hydrogens (primary N) is 2. The van der Waals surface area contributed by atoms with Crippen LogP contribution in [-0.4, -0.2) is 17.5 Å². The van der Waals surface area contributed by atoms with Gasteiger partial charge in [-0.3, -0.25) is 4.79 Å². The number of primary amides is 1. The minimum Gasteiger partial charge on any atom is -0.352 e. The molecule has 3 amide bonds. The molecule has 1 saturated carbocycles. The van der Waals surface area contributed by atoms with Gasteiger partial charge in [-0.05, 0) is 30.5 Å². The highest BCUT2D eigenvalue weighted by molar-refractivity contribution is 5.98. The summed E-state index contributed by atoms with van der Waals surface area (Å²) in [7, 11) is 0. The van der Waals surface area contributed by atoms with Crippen LogP contribution in [-0.2, 0) is 11.3 Å². The van der Waals surface area contributed by atoms with Gasteiger partial charge in [-0.15, -0.1) is 0 Å². The number of amides is 3. The van der Waals surface area contributed by atoms with Crippen LogP contribution in [0.2, 0.25) is 0 Å². The van der Waals surface area contributed by atoms with Gasteiger partial charge in [0, 0.05) is 12.2 Å². The number of anilines is 1. The average molecular weight is 290 g/mol. The van der Waals surface area contributed by atoms with Gasteiger partial charge in [0.2, 0.25) is 5.91 Å². The van der Waals surface area contributed by atoms with E-state index in [2.05, 4.69) is 10.6 Å². The summed E-state index contributed by atoms with van der Waals surface area (Å²) in [5.41, 5.74) is 12.1. The third-order valence-corrected chi connectivity index (χ3v) is 3.88. The molecule has 1 aliphatic carbocycles. The molecule has 2 rings (SSSR count). The molecule has 0 heterocycles. The molecule has 0 atom stereocenters. The van der Waals surface area contributed by atoms with E-state index in [9.17, 15) is 9.59 Å². The molecule has 1 aromatic carbocycles.